The molecule has 0 atom stereocenters. The number of fused-ring (bicyclic) bond motifs is 1. The summed E-state index contributed by atoms with van der Waals surface area (Å²) in [6, 6.07) is 18.1. The average molecular weight is 506 g/mol. The number of imidazole rings is 1. The van der Waals surface area contributed by atoms with Gasteiger partial charge >= 0.3 is 0 Å². The van der Waals surface area contributed by atoms with Crippen LogP contribution in [0.4, 0.5) is 5.69 Å². The first kappa shape index (κ1) is 25.1. The van der Waals surface area contributed by atoms with Crippen LogP contribution in [0.2, 0.25) is 0 Å². The molecule has 9 nitrogen and oxygen atoms in total. The standard InChI is InChI=1S/C29H31N9/c1-4-5-14-37(3)18-23-21(15-30)9-7-10-24(23)31-16-26-35-28(22-12-13-27-32-19-33-38(27)17-22)29(36-26)25-11-6-8-20(2)34-25/h6-13,17,19,31H,4-5,14,16,18H2,1-3H3,(H,35,36). The molecule has 2 N–H and O–H groups in total. The van der Waals surface area contributed by atoms with Gasteiger partial charge in [0.25, 0.3) is 0 Å². The van der Waals surface area contributed by atoms with Crippen molar-refractivity contribution in [3.05, 3.63) is 83.7 Å². The molecule has 38 heavy (non-hydrogen) atoms. The van der Waals surface area contributed by atoms with Gasteiger partial charge in [0.05, 0.1) is 35.3 Å². The molecule has 192 valence electrons. The molecule has 0 fully saturated rings. The molecule has 0 bridgehead atoms. The highest BCUT2D eigenvalue weighted by atomic mass is 15.3. The van der Waals surface area contributed by atoms with Crippen LogP contribution in [0.25, 0.3) is 28.3 Å². The van der Waals surface area contributed by atoms with Gasteiger partial charge in [0.15, 0.2) is 5.65 Å². The average Bonchev–Trinajstić information content (AvgIpc) is 3.58. The molecule has 4 heterocycles. The van der Waals surface area contributed by atoms with Gasteiger partial charge in [-0.15, -0.1) is 0 Å². The number of H-pyrrole nitrogens is 1. The smallest absolute Gasteiger partial charge is 0.155 e. The first-order chi connectivity index (χ1) is 18.6. The van der Waals surface area contributed by atoms with Crippen LogP contribution in [-0.4, -0.2) is 48.0 Å². The van der Waals surface area contributed by atoms with E-state index in [0.717, 1.165) is 70.4 Å². The van der Waals surface area contributed by atoms with Crippen LogP contribution in [0.15, 0.2) is 61.1 Å². The van der Waals surface area contributed by atoms with E-state index in [0.29, 0.717) is 18.7 Å². The van der Waals surface area contributed by atoms with Gasteiger partial charge in [-0.1, -0.05) is 25.5 Å². The minimum absolute atomic E-state index is 0.463. The molecule has 0 aliphatic heterocycles. The van der Waals surface area contributed by atoms with Crippen LogP contribution in [-0.2, 0) is 13.1 Å². The van der Waals surface area contributed by atoms with Crippen molar-refractivity contribution in [2.45, 2.75) is 39.8 Å². The second-order valence-electron chi connectivity index (χ2n) is 9.44. The quantitative estimate of drug-likeness (QED) is 0.268. The van der Waals surface area contributed by atoms with Crippen LogP contribution in [0, 0.1) is 18.3 Å². The maximum absolute atomic E-state index is 9.76. The zero-order valence-electron chi connectivity index (χ0n) is 21.9. The summed E-state index contributed by atoms with van der Waals surface area (Å²) in [4.78, 5) is 19.7. The van der Waals surface area contributed by atoms with Gasteiger partial charge in [-0.2, -0.15) is 10.4 Å². The molecular formula is C29H31N9. The van der Waals surface area contributed by atoms with Crippen molar-refractivity contribution in [3.63, 3.8) is 0 Å². The number of nitrogens with one attached hydrogen (secondary N) is 2. The normalized spacial score (nSPS) is 11.2. The van der Waals surface area contributed by atoms with Crippen molar-refractivity contribution >= 4 is 11.3 Å². The molecule has 5 rings (SSSR count). The van der Waals surface area contributed by atoms with Gasteiger partial charge in [-0.05, 0) is 63.3 Å². The Labute approximate surface area is 222 Å². The maximum Gasteiger partial charge on any atom is 0.155 e. The number of pyridine rings is 2. The Balaban J connectivity index is 1.47. The second-order valence-corrected chi connectivity index (χ2v) is 9.44. The van der Waals surface area contributed by atoms with E-state index >= 15 is 0 Å². The van der Waals surface area contributed by atoms with Crippen LogP contribution in [0.5, 0.6) is 0 Å². The molecule has 9 heteroatoms. The summed E-state index contributed by atoms with van der Waals surface area (Å²) in [7, 11) is 2.10. The highest BCUT2D eigenvalue weighted by molar-refractivity contribution is 5.77. The Morgan fingerprint density at radius 2 is 1.97 bits per heavy atom. The zero-order valence-corrected chi connectivity index (χ0v) is 21.9. The summed E-state index contributed by atoms with van der Waals surface area (Å²) in [6.45, 7) is 6.31. The Morgan fingerprint density at radius 1 is 1.11 bits per heavy atom. The molecule has 0 saturated carbocycles. The zero-order chi connectivity index (χ0) is 26.5. The third-order valence-electron chi connectivity index (χ3n) is 6.51. The SMILES string of the molecule is CCCCN(C)Cc1c(C#N)cccc1NCc1nc(-c2ccc3ncnn3c2)c(-c2cccc(C)n2)[nH]1. The van der Waals surface area contributed by atoms with E-state index < -0.39 is 0 Å². The van der Waals surface area contributed by atoms with Gasteiger partial charge in [-0.3, -0.25) is 4.98 Å². The predicted molar refractivity (Wildman–Crippen MR) is 148 cm³/mol. The van der Waals surface area contributed by atoms with Crippen molar-refractivity contribution in [2.24, 2.45) is 0 Å². The van der Waals surface area contributed by atoms with Crippen molar-refractivity contribution in [2.75, 3.05) is 18.9 Å². The van der Waals surface area contributed by atoms with Crippen molar-refractivity contribution < 1.29 is 0 Å². The fourth-order valence-electron chi connectivity index (χ4n) is 4.52. The van der Waals surface area contributed by atoms with Gasteiger partial charge in [0.2, 0.25) is 0 Å². The summed E-state index contributed by atoms with van der Waals surface area (Å²) < 4.78 is 1.74. The molecule has 4 aromatic heterocycles. The lowest BCUT2D eigenvalue weighted by atomic mass is 10.1. The number of anilines is 1. The Morgan fingerprint density at radius 3 is 2.79 bits per heavy atom. The van der Waals surface area contributed by atoms with Crippen LogP contribution >= 0.6 is 0 Å². The lowest BCUT2D eigenvalue weighted by Gasteiger charge is -2.20. The number of benzene rings is 1. The third-order valence-corrected chi connectivity index (χ3v) is 6.51. The van der Waals surface area contributed by atoms with Crippen molar-refractivity contribution in [3.8, 4) is 28.7 Å². The molecule has 0 radical (unpaired) electrons. The van der Waals surface area contributed by atoms with Crippen LogP contribution in [0.1, 0.15) is 42.4 Å². The number of aromatic amines is 1. The molecule has 5 aromatic rings. The number of nitriles is 1. The molecule has 0 aliphatic rings. The van der Waals surface area contributed by atoms with Gasteiger partial charge in [-0.25, -0.2) is 14.5 Å². The highest BCUT2D eigenvalue weighted by Gasteiger charge is 2.17. The number of rotatable bonds is 10. The largest absolute Gasteiger partial charge is 0.378 e. The van der Waals surface area contributed by atoms with Gasteiger partial charge in [0.1, 0.15) is 12.2 Å². The second kappa shape index (κ2) is 11.2. The molecule has 0 amide bonds. The summed E-state index contributed by atoms with van der Waals surface area (Å²) >= 11 is 0. The minimum atomic E-state index is 0.463. The summed E-state index contributed by atoms with van der Waals surface area (Å²) in [6.07, 6.45) is 5.72. The number of unbranched alkanes of at least 4 members (excludes halogenated alkanes) is 1. The van der Waals surface area contributed by atoms with Gasteiger partial charge in [0, 0.05) is 35.2 Å². The van der Waals surface area contributed by atoms with E-state index in [4.69, 9.17) is 9.97 Å². The molecule has 0 spiro atoms. The summed E-state index contributed by atoms with van der Waals surface area (Å²) in [5.41, 5.74) is 7.69. The Hall–Kier alpha value is -4.55. The Kier molecular flexibility index (Phi) is 7.43. The van der Waals surface area contributed by atoms with E-state index in [-0.39, 0.29) is 0 Å². The summed E-state index contributed by atoms with van der Waals surface area (Å²) in [5.74, 6) is 0.768. The lowest BCUT2D eigenvalue weighted by Crippen LogP contribution is -2.20. The molecule has 0 aliphatic carbocycles. The Bertz CT molecular complexity index is 1590. The molecular weight excluding hydrogens is 474 g/mol. The first-order valence-electron chi connectivity index (χ1n) is 12.8. The number of aryl methyl sites for hydroxylation is 1. The van der Waals surface area contributed by atoms with E-state index in [9.17, 15) is 5.26 Å². The first-order valence-corrected chi connectivity index (χ1v) is 12.8. The predicted octanol–water partition coefficient (Wildman–Crippen LogP) is 5.21. The van der Waals surface area contributed by atoms with Crippen LogP contribution < -0.4 is 5.32 Å². The number of hydrogen-bond acceptors (Lipinski definition) is 7. The third kappa shape index (κ3) is 5.41. The number of hydrogen-bond donors (Lipinski definition) is 2. The fraction of sp³-hybridized carbons (Fsp3) is 0.276. The topological polar surface area (TPSA) is 111 Å². The monoisotopic (exact) mass is 505 g/mol. The highest BCUT2D eigenvalue weighted by Crippen LogP contribution is 2.30. The van der Waals surface area contributed by atoms with Crippen LogP contribution in [0.3, 0.4) is 0 Å². The van der Waals surface area contributed by atoms with Crippen molar-refractivity contribution in [1.29, 1.82) is 5.26 Å². The van der Waals surface area contributed by atoms with E-state index in [1.807, 2.05) is 61.7 Å². The lowest BCUT2D eigenvalue weighted by molar-refractivity contribution is 0.321. The van der Waals surface area contributed by atoms with E-state index in [1.54, 1.807) is 4.52 Å². The fourth-order valence-corrected chi connectivity index (χ4v) is 4.52. The number of aromatic nitrogens is 6. The minimum Gasteiger partial charge on any atom is -0.378 e. The molecule has 0 unspecified atom stereocenters. The maximum atomic E-state index is 9.76. The number of nitrogens with zero attached hydrogens (tertiary/aromatic N) is 7. The summed E-state index contributed by atoms with van der Waals surface area (Å²) in [5, 5.41) is 17.6. The molecule has 1 aromatic carbocycles. The van der Waals surface area contributed by atoms with Crippen molar-refractivity contribution in [1.82, 2.24) is 34.4 Å². The van der Waals surface area contributed by atoms with E-state index in [2.05, 4.69) is 45.3 Å². The van der Waals surface area contributed by atoms with Gasteiger partial charge < -0.3 is 15.2 Å². The van der Waals surface area contributed by atoms with E-state index in [1.165, 1.54) is 6.33 Å². The molecule has 0 saturated heterocycles.